The van der Waals surface area contributed by atoms with Crippen molar-refractivity contribution < 1.29 is 19.7 Å². The molecule has 0 bridgehead atoms. The zero-order chi connectivity index (χ0) is 12.7. The van der Waals surface area contributed by atoms with Crippen molar-refractivity contribution in [1.29, 1.82) is 0 Å². The van der Waals surface area contributed by atoms with Crippen LogP contribution in [0.15, 0.2) is 12.3 Å². The summed E-state index contributed by atoms with van der Waals surface area (Å²) in [5.41, 5.74) is 5.09. The number of aliphatic hydroxyl groups excluding tert-OH is 2. The fraction of sp³-hybridized carbons (Fsp3) is 0.333. The molecule has 1 rings (SSSR count). The molecule has 90 valence electrons. The van der Waals surface area contributed by atoms with E-state index in [1.807, 2.05) is 0 Å². The largest absolute Gasteiger partial charge is 0.481 e. The molecule has 1 atom stereocenters. The lowest BCUT2D eigenvalue weighted by molar-refractivity contribution is -0.126. The minimum absolute atomic E-state index is 0.126. The standard InChI is InChI=1S/C8H9ClN2O3.CH4O/c1-14-8-5(6(12)7(10)13)2-4(9)3-11-8;1-2/h2-3,6,12H,1H3,(H2,10,13);2H,1H3. The van der Waals surface area contributed by atoms with Crippen LogP contribution in [0, 0.1) is 0 Å². The van der Waals surface area contributed by atoms with Gasteiger partial charge in [-0.1, -0.05) is 11.6 Å². The average Bonchev–Trinajstić information content (AvgIpc) is 2.30. The van der Waals surface area contributed by atoms with Crippen LogP contribution >= 0.6 is 11.6 Å². The Labute approximate surface area is 97.6 Å². The number of halogens is 1. The molecule has 6 nitrogen and oxygen atoms in total. The summed E-state index contributed by atoms with van der Waals surface area (Å²) < 4.78 is 4.83. The van der Waals surface area contributed by atoms with Crippen LogP contribution in [0.3, 0.4) is 0 Å². The predicted molar refractivity (Wildman–Crippen MR) is 58.1 cm³/mol. The molecule has 0 saturated carbocycles. The van der Waals surface area contributed by atoms with Gasteiger partial charge in [0.15, 0.2) is 6.10 Å². The molecule has 16 heavy (non-hydrogen) atoms. The fourth-order valence-electron chi connectivity index (χ4n) is 0.962. The Hall–Kier alpha value is -1.37. The Bertz CT molecular complexity index is 359. The van der Waals surface area contributed by atoms with E-state index in [-0.39, 0.29) is 11.4 Å². The molecule has 0 aliphatic rings. The van der Waals surface area contributed by atoms with E-state index in [1.165, 1.54) is 19.4 Å². The zero-order valence-electron chi connectivity index (χ0n) is 8.85. The van der Waals surface area contributed by atoms with Gasteiger partial charge in [0, 0.05) is 13.3 Å². The minimum atomic E-state index is -1.46. The van der Waals surface area contributed by atoms with Crippen LogP contribution in [0.25, 0.3) is 0 Å². The van der Waals surface area contributed by atoms with E-state index in [0.717, 1.165) is 7.11 Å². The third-order valence-corrected chi connectivity index (χ3v) is 1.81. The molecule has 0 radical (unpaired) electrons. The fourth-order valence-corrected chi connectivity index (χ4v) is 1.13. The first-order chi connectivity index (χ1) is 7.56. The molecule has 1 aromatic heterocycles. The molecule has 0 spiro atoms. The molecule has 0 aromatic carbocycles. The Morgan fingerprint density at radius 2 is 2.19 bits per heavy atom. The van der Waals surface area contributed by atoms with Gasteiger partial charge in [0.25, 0.3) is 5.91 Å². The van der Waals surface area contributed by atoms with Crippen molar-refractivity contribution in [3.8, 4) is 5.88 Å². The molecule has 7 heteroatoms. The summed E-state index contributed by atoms with van der Waals surface area (Å²) in [5.74, 6) is -0.756. The van der Waals surface area contributed by atoms with Crippen LogP contribution in [-0.4, -0.2) is 35.3 Å². The number of carbonyl (C=O) groups excluding carboxylic acids is 1. The Balaban J connectivity index is 0.00000106. The highest BCUT2D eigenvalue weighted by Crippen LogP contribution is 2.25. The van der Waals surface area contributed by atoms with Crippen molar-refractivity contribution in [2.75, 3.05) is 14.2 Å². The number of methoxy groups -OCH3 is 1. The van der Waals surface area contributed by atoms with E-state index < -0.39 is 12.0 Å². The summed E-state index contributed by atoms with van der Waals surface area (Å²) in [6, 6.07) is 1.38. The number of carbonyl (C=O) groups is 1. The summed E-state index contributed by atoms with van der Waals surface area (Å²) in [4.78, 5) is 14.5. The van der Waals surface area contributed by atoms with Gasteiger partial charge in [0.2, 0.25) is 5.88 Å². The van der Waals surface area contributed by atoms with Gasteiger partial charge in [-0.15, -0.1) is 0 Å². The Morgan fingerprint density at radius 1 is 1.62 bits per heavy atom. The van der Waals surface area contributed by atoms with Gasteiger partial charge in [-0.05, 0) is 6.07 Å². The summed E-state index contributed by atoms with van der Waals surface area (Å²) in [5, 5.41) is 16.7. The lowest BCUT2D eigenvalue weighted by Crippen LogP contribution is -2.21. The number of pyridine rings is 1. The van der Waals surface area contributed by atoms with E-state index in [2.05, 4.69) is 4.98 Å². The van der Waals surface area contributed by atoms with E-state index in [0.29, 0.717) is 5.02 Å². The van der Waals surface area contributed by atoms with Crippen molar-refractivity contribution in [3.63, 3.8) is 0 Å². The molecule has 0 fully saturated rings. The van der Waals surface area contributed by atoms with Gasteiger partial charge in [-0.2, -0.15) is 0 Å². The smallest absolute Gasteiger partial charge is 0.251 e. The number of hydrogen-bond acceptors (Lipinski definition) is 5. The van der Waals surface area contributed by atoms with Crippen LogP contribution in [0.5, 0.6) is 5.88 Å². The maximum absolute atomic E-state index is 10.7. The van der Waals surface area contributed by atoms with Crippen LogP contribution < -0.4 is 10.5 Å². The van der Waals surface area contributed by atoms with E-state index in [9.17, 15) is 9.90 Å². The van der Waals surface area contributed by atoms with Gasteiger partial charge in [-0.25, -0.2) is 4.98 Å². The number of ether oxygens (including phenoxy) is 1. The van der Waals surface area contributed by atoms with Crippen molar-refractivity contribution in [1.82, 2.24) is 4.98 Å². The Kier molecular flexibility index (Phi) is 6.40. The highest BCUT2D eigenvalue weighted by molar-refractivity contribution is 6.30. The van der Waals surface area contributed by atoms with E-state index >= 15 is 0 Å². The lowest BCUT2D eigenvalue weighted by Gasteiger charge is -2.10. The van der Waals surface area contributed by atoms with Crippen LogP contribution in [0.2, 0.25) is 5.02 Å². The molecule has 0 aliphatic carbocycles. The SMILES string of the molecule is CO.COc1ncc(Cl)cc1C(O)C(N)=O. The average molecular weight is 249 g/mol. The maximum Gasteiger partial charge on any atom is 0.251 e. The van der Waals surface area contributed by atoms with Gasteiger partial charge in [0.1, 0.15) is 0 Å². The molecule has 1 amide bonds. The van der Waals surface area contributed by atoms with Crippen LogP contribution in [0.4, 0.5) is 0 Å². The number of hydrogen-bond donors (Lipinski definition) is 3. The topological polar surface area (TPSA) is 106 Å². The van der Waals surface area contributed by atoms with Gasteiger partial charge < -0.3 is 20.7 Å². The number of aliphatic hydroxyl groups is 2. The lowest BCUT2D eigenvalue weighted by atomic mass is 10.1. The normalized spacial score (nSPS) is 11.1. The summed E-state index contributed by atoms with van der Waals surface area (Å²) in [6.45, 7) is 0. The molecule has 0 saturated heterocycles. The highest BCUT2D eigenvalue weighted by atomic mass is 35.5. The van der Waals surface area contributed by atoms with Crippen LogP contribution in [0.1, 0.15) is 11.7 Å². The number of rotatable bonds is 3. The number of nitrogens with two attached hydrogens (primary N) is 1. The van der Waals surface area contributed by atoms with Crippen molar-refractivity contribution >= 4 is 17.5 Å². The molecule has 1 heterocycles. The molecular formula is C9H13ClN2O4. The highest BCUT2D eigenvalue weighted by Gasteiger charge is 2.19. The van der Waals surface area contributed by atoms with Crippen molar-refractivity contribution in [3.05, 3.63) is 22.8 Å². The van der Waals surface area contributed by atoms with E-state index in [4.69, 9.17) is 27.2 Å². The van der Waals surface area contributed by atoms with Crippen LogP contribution in [-0.2, 0) is 4.79 Å². The molecule has 1 aromatic rings. The van der Waals surface area contributed by atoms with Gasteiger partial charge in [-0.3, -0.25) is 4.79 Å². The summed E-state index contributed by atoms with van der Waals surface area (Å²) in [7, 11) is 2.37. The third-order valence-electron chi connectivity index (χ3n) is 1.60. The molecule has 0 aliphatic heterocycles. The first kappa shape index (κ1) is 14.6. The Morgan fingerprint density at radius 3 is 2.62 bits per heavy atom. The van der Waals surface area contributed by atoms with Gasteiger partial charge >= 0.3 is 0 Å². The second-order valence-electron chi connectivity index (χ2n) is 2.56. The number of aromatic nitrogens is 1. The van der Waals surface area contributed by atoms with Crippen molar-refractivity contribution in [2.24, 2.45) is 5.73 Å². The van der Waals surface area contributed by atoms with E-state index in [1.54, 1.807) is 0 Å². The second-order valence-corrected chi connectivity index (χ2v) is 2.99. The number of primary amides is 1. The summed E-state index contributed by atoms with van der Waals surface area (Å²) in [6.07, 6.45) is -0.117. The van der Waals surface area contributed by atoms with Gasteiger partial charge in [0.05, 0.1) is 17.7 Å². The number of nitrogens with zero attached hydrogens (tertiary/aromatic N) is 1. The minimum Gasteiger partial charge on any atom is -0.481 e. The second kappa shape index (κ2) is 7.00. The van der Waals surface area contributed by atoms with Crippen molar-refractivity contribution in [2.45, 2.75) is 6.10 Å². The first-order valence-electron chi connectivity index (χ1n) is 4.17. The zero-order valence-corrected chi connectivity index (χ0v) is 9.60. The molecular weight excluding hydrogens is 236 g/mol. The maximum atomic E-state index is 10.7. The first-order valence-corrected chi connectivity index (χ1v) is 4.55. The third kappa shape index (κ3) is 3.65. The predicted octanol–water partition coefficient (Wildman–Crippen LogP) is -0.129. The quantitative estimate of drug-likeness (QED) is 0.691. The monoisotopic (exact) mass is 248 g/mol. The molecule has 1 unspecified atom stereocenters. The summed E-state index contributed by atoms with van der Waals surface area (Å²) >= 11 is 5.64. The number of amides is 1. The molecule has 4 N–H and O–H groups in total.